The number of nitrogens with zero attached hydrogens (tertiary/aromatic N) is 2. The van der Waals surface area contributed by atoms with Crippen molar-refractivity contribution in [2.45, 2.75) is 59.3 Å². The Balaban J connectivity index is 0.000000186. The Hall–Kier alpha value is -2.52. The molecule has 176 valence electrons. The molecule has 0 amide bonds. The molecule has 2 nitrogen and oxygen atoms in total. The van der Waals surface area contributed by atoms with Crippen molar-refractivity contribution in [3.05, 3.63) is 101 Å². The zero-order valence-corrected chi connectivity index (χ0v) is 20.6. The van der Waals surface area contributed by atoms with Crippen molar-refractivity contribution in [3.8, 4) is 0 Å². The number of piperidine rings is 1. The van der Waals surface area contributed by atoms with E-state index in [4.69, 9.17) is 0 Å². The zero-order valence-electron chi connectivity index (χ0n) is 20.6. The third kappa shape index (κ3) is 8.74. The van der Waals surface area contributed by atoms with E-state index in [0.717, 1.165) is 31.0 Å². The van der Waals surface area contributed by atoms with Crippen LogP contribution in [-0.2, 0) is 19.3 Å². The Labute approximate surface area is 199 Å². The molecule has 3 aromatic rings. The first kappa shape index (κ1) is 25.1. The fourth-order valence-electron chi connectivity index (χ4n) is 4.35. The quantitative estimate of drug-likeness (QED) is 0.387. The molecule has 4 rings (SSSR count). The second kappa shape index (κ2) is 13.3. The number of hydrogen-bond donors (Lipinski definition) is 0. The van der Waals surface area contributed by atoms with Gasteiger partial charge in [0.05, 0.1) is 0 Å². The fraction of sp³-hybridized carbons (Fsp3) is 0.433. The van der Waals surface area contributed by atoms with Gasteiger partial charge in [0.15, 0.2) is 0 Å². The number of pyridine rings is 1. The molecule has 33 heavy (non-hydrogen) atoms. The molecule has 0 bridgehead atoms. The van der Waals surface area contributed by atoms with Crippen molar-refractivity contribution < 1.29 is 4.39 Å². The van der Waals surface area contributed by atoms with E-state index in [0.29, 0.717) is 0 Å². The predicted molar refractivity (Wildman–Crippen MR) is 137 cm³/mol. The van der Waals surface area contributed by atoms with Gasteiger partial charge in [0.2, 0.25) is 0 Å². The molecule has 0 radical (unpaired) electrons. The number of hydrogen-bond acceptors (Lipinski definition) is 2. The summed E-state index contributed by atoms with van der Waals surface area (Å²) in [5.74, 6) is 0.748. The van der Waals surface area contributed by atoms with E-state index in [2.05, 4.69) is 54.9 Å². The number of rotatable bonds is 7. The van der Waals surface area contributed by atoms with Crippen LogP contribution in [0.1, 0.15) is 61.1 Å². The normalized spacial score (nSPS) is 14.5. The Morgan fingerprint density at radius 1 is 0.939 bits per heavy atom. The van der Waals surface area contributed by atoms with Gasteiger partial charge in [0.1, 0.15) is 5.82 Å². The maximum Gasteiger partial charge on any atom is 0.123 e. The lowest BCUT2D eigenvalue weighted by molar-refractivity contribution is 0.194. The van der Waals surface area contributed by atoms with Crippen molar-refractivity contribution in [2.75, 3.05) is 19.6 Å². The van der Waals surface area contributed by atoms with Crippen LogP contribution in [0, 0.1) is 18.7 Å². The number of likely N-dealkylation sites (tertiary alicyclic amines) is 1. The van der Waals surface area contributed by atoms with Gasteiger partial charge >= 0.3 is 0 Å². The van der Waals surface area contributed by atoms with Gasteiger partial charge in [-0.25, -0.2) is 4.39 Å². The summed E-state index contributed by atoms with van der Waals surface area (Å²) in [6, 6.07) is 19.7. The lowest BCUT2D eigenvalue weighted by Gasteiger charge is -2.30. The molecule has 0 saturated carbocycles. The van der Waals surface area contributed by atoms with Crippen molar-refractivity contribution in [1.82, 2.24) is 9.88 Å². The third-order valence-electron chi connectivity index (χ3n) is 6.54. The van der Waals surface area contributed by atoms with Gasteiger partial charge in [-0.05, 0) is 98.1 Å². The average Bonchev–Trinajstić information content (AvgIpc) is 2.83. The van der Waals surface area contributed by atoms with Gasteiger partial charge in [-0.15, -0.1) is 0 Å². The topological polar surface area (TPSA) is 16.1 Å². The average molecular weight is 447 g/mol. The molecule has 3 heteroatoms. The van der Waals surface area contributed by atoms with E-state index in [1.165, 1.54) is 61.0 Å². The van der Waals surface area contributed by atoms with Crippen molar-refractivity contribution in [3.63, 3.8) is 0 Å². The Kier molecular flexibility index (Phi) is 10.1. The van der Waals surface area contributed by atoms with Crippen LogP contribution in [-0.4, -0.2) is 29.5 Å². The van der Waals surface area contributed by atoms with Gasteiger partial charge in [-0.2, -0.15) is 0 Å². The monoisotopic (exact) mass is 446 g/mol. The molecular formula is C30H39FN2. The largest absolute Gasteiger partial charge is 0.303 e. The SMILES string of the molecule is CC1CCN(CCc2ccc(F)cc2)CC1.CCCc1ccc(Cc2ccccn2)cc1C. The molecule has 1 aliphatic heterocycles. The van der Waals surface area contributed by atoms with Crippen LogP contribution in [0.4, 0.5) is 4.39 Å². The molecule has 0 N–H and O–H groups in total. The highest BCUT2D eigenvalue weighted by Gasteiger charge is 2.14. The molecule has 1 saturated heterocycles. The number of benzene rings is 2. The smallest absolute Gasteiger partial charge is 0.123 e. The molecule has 2 heterocycles. The lowest BCUT2D eigenvalue weighted by atomic mass is 9.99. The minimum atomic E-state index is -0.143. The number of aryl methyl sites for hydroxylation is 2. The van der Waals surface area contributed by atoms with Crippen LogP contribution >= 0.6 is 0 Å². The summed E-state index contributed by atoms with van der Waals surface area (Å²) < 4.78 is 12.7. The van der Waals surface area contributed by atoms with E-state index in [9.17, 15) is 4.39 Å². The van der Waals surface area contributed by atoms with Crippen LogP contribution in [0.5, 0.6) is 0 Å². The van der Waals surface area contributed by atoms with Crippen molar-refractivity contribution >= 4 is 0 Å². The van der Waals surface area contributed by atoms with Gasteiger partial charge in [-0.3, -0.25) is 4.98 Å². The summed E-state index contributed by atoms with van der Waals surface area (Å²) in [5.41, 5.74) is 6.59. The highest BCUT2D eigenvalue weighted by atomic mass is 19.1. The fourth-order valence-corrected chi connectivity index (χ4v) is 4.35. The van der Waals surface area contributed by atoms with E-state index < -0.39 is 0 Å². The first-order valence-corrected chi connectivity index (χ1v) is 12.5. The molecule has 0 atom stereocenters. The minimum absolute atomic E-state index is 0.143. The Morgan fingerprint density at radius 2 is 1.67 bits per heavy atom. The maximum absolute atomic E-state index is 12.7. The second-order valence-electron chi connectivity index (χ2n) is 9.41. The van der Waals surface area contributed by atoms with Crippen LogP contribution in [0.25, 0.3) is 0 Å². The zero-order chi connectivity index (χ0) is 23.5. The van der Waals surface area contributed by atoms with Crippen LogP contribution in [0.15, 0.2) is 66.9 Å². The first-order chi connectivity index (χ1) is 16.0. The van der Waals surface area contributed by atoms with Crippen molar-refractivity contribution in [2.24, 2.45) is 5.92 Å². The number of aromatic nitrogens is 1. The molecule has 1 aliphatic rings. The summed E-state index contributed by atoms with van der Waals surface area (Å²) in [5, 5.41) is 0. The Morgan fingerprint density at radius 3 is 2.30 bits per heavy atom. The summed E-state index contributed by atoms with van der Waals surface area (Å²) >= 11 is 0. The minimum Gasteiger partial charge on any atom is -0.303 e. The predicted octanol–water partition coefficient (Wildman–Crippen LogP) is 7.03. The van der Waals surface area contributed by atoms with E-state index in [1.54, 1.807) is 12.1 Å². The molecule has 0 spiro atoms. The molecule has 0 unspecified atom stereocenters. The molecule has 2 aromatic carbocycles. The molecule has 1 fully saturated rings. The lowest BCUT2D eigenvalue weighted by Crippen LogP contribution is -2.34. The van der Waals surface area contributed by atoms with Gasteiger partial charge in [0, 0.05) is 24.9 Å². The van der Waals surface area contributed by atoms with Crippen LogP contribution < -0.4 is 0 Å². The maximum atomic E-state index is 12.7. The standard InChI is InChI=1S/C16H19N.C14H20FN/c1-3-6-15-9-8-14(11-13(15)2)12-16-7-4-5-10-17-16;1-12-6-9-16(10-7-12)11-8-13-2-4-14(15)5-3-13/h4-5,7-11H,3,6,12H2,1-2H3;2-5,12H,6-11H2,1H3. The van der Waals surface area contributed by atoms with E-state index >= 15 is 0 Å². The molecular weight excluding hydrogens is 407 g/mol. The van der Waals surface area contributed by atoms with E-state index in [-0.39, 0.29) is 5.82 Å². The van der Waals surface area contributed by atoms with Gasteiger partial charge in [0.25, 0.3) is 0 Å². The molecule has 0 aliphatic carbocycles. The number of halogens is 1. The molecule has 1 aromatic heterocycles. The van der Waals surface area contributed by atoms with Gasteiger partial charge < -0.3 is 4.90 Å². The first-order valence-electron chi connectivity index (χ1n) is 12.5. The third-order valence-corrected chi connectivity index (χ3v) is 6.54. The van der Waals surface area contributed by atoms with Crippen LogP contribution in [0.3, 0.4) is 0 Å². The summed E-state index contributed by atoms with van der Waals surface area (Å²) in [6.45, 7) is 10.3. The summed E-state index contributed by atoms with van der Waals surface area (Å²) in [4.78, 5) is 6.88. The summed E-state index contributed by atoms with van der Waals surface area (Å²) in [6.07, 6.45) is 8.85. The van der Waals surface area contributed by atoms with Gasteiger partial charge in [-0.1, -0.05) is 56.7 Å². The van der Waals surface area contributed by atoms with E-state index in [1.807, 2.05) is 30.5 Å². The van der Waals surface area contributed by atoms with Crippen molar-refractivity contribution in [1.29, 1.82) is 0 Å². The second-order valence-corrected chi connectivity index (χ2v) is 9.41. The summed E-state index contributed by atoms with van der Waals surface area (Å²) in [7, 11) is 0. The Bertz CT molecular complexity index is 945. The highest BCUT2D eigenvalue weighted by Crippen LogP contribution is 2.17. The van der Waals surface area contributed by atoms with Crippen LogP contribution in [0.2, 0.25) is 0 Å². The highest BCUT2D eigenvalue weighted by molar-refractivity contribution is 5.33.